The predicted molar refractivity (Wildman–Crippen MR) is 107 cm³/mol. The van der Waals surface area contributed by atoms with Crippen molar-refractivity contribution in [2.75, 3.05) is 17.3 Å². The Labute approximate surface area is 162 Å². The van der Waals surface area contributed by atoms with Crippen LogP contribution in [0.2, 0.25) is 10.2 Å². The third kappa shape index (κ3) is 4.54. The van der Waals surface area contributed by atoms with Crippen molar-refractivity contribution in [2.24, 2.45) is 0 Å². The fraction of sp³-hybridized carbons (Fsp3) is 0.100. The van der Waals surface area contributed by atoms with Gasteiger partial charge in [0, 0.05) is 25.0 Å². The number of amides is 1. The first-order valence-corrected chi connectivity index (χ1v) is 8.77. The molecule has 0 saturated carbocycles. The van der Waals surface area contributed by atoms with Crippen LogP contribution in [0.5, 0.6) is 0 Å². The molecule has 0 spiro atoms. The van der Waals surface area contributed by atoms with Gasteiger partial charge in [-0.3, -0.25) is 4.79 Å². The number of benzene rings is 2. The van der Waals surface area contributed by atoms with Gasteiger partial charge in [-0.2, -0.15) is 0 Å². The molecule has 1 N–H and O–H groups in total. The lowest BCUT2D eigenvalue weighted by molar-refractivity contribution is 0.102. The van der Waals surface area contributed by atoms with E-state index in [0.717, 1.165) is 12.2 Å². The summed E-state index contributed by atoms with van der Waals surface area (Å²) in [6.45, 7) is 0.800. The number of carbonyl (C=O) groups excluding carboxylic acids is 1. The molecule has 0 aliphatic rings. The van der Waals surface area contributed by atoms with E-state index >= 15 is 0 Å². The molecule has 0 fully saturated rings. The van der Waals surface area contributed by atoms with Gasteiger partial charge in [0.1, 0.15) is 10.8 Å². The monoisotopic (exact) mass is 385 g/mol. The number of pyridine rings is 1. The molecule has 0 radical (unpaired) electrons. The standard InChI is InChI=1S/C20H17Cl2N3O/c1-25(13-14-5-3-2-4-6-14)16-9-7-15(8-10-16)23-20(26)19-17(21)11-12-18(22)24-19/h2-12H,13H2,1H3,(H,23,26). The summed E-state index contributed by atoms with van der Waals surface area (Å²) >= 11 is 11.8. The second-order valence-electron chi connectivity index (χ2n) is 5.81. The predicted octanol–water partition coefficient (Wildman–Crippen LogP) is 5.28. The lowest BCUT2D eigenvalue weighted by Gasteiger charge is -2.19. The van der Waals surface area contributed by atoms with Crippen LogP contribution in [-0.4, -0.2) is 17.9 Å². The minimum absolute atomic E-state index is 0.101. The third-order valence-corrected chi connectivity index (χ3v) is 4.37. The maximum absolute atomic E-state index is 12.3. The van der Waals surface area contributed by atoms with Crippen molar-refractivity contribution < 1.29 is 4.79 Å². The molecule has 0 aliphatic heterocycles. The summed E-state index contributed by atoms with van der Waals surface area (Å²) in [5.74, 6) is -0.400. The van der Waals surface area contributed by atoms with Gasteiger partial charge in [0.15, 0.2) is 0 Å². The zero-order chi connectivity index (χ0) is 18.5. The lowest BCUT2D eigenvalue weighted by atomic mass is 10.2. The molecule has 0 aliphatic carbocycles. The van der Waals surface area contributed by atoms with Crippen LogP contribution in [0.15, 0.2) is 66.7 Å². The Morgan fingerprint density at radius 2 is 1.69 bits per heavy atom. The topological polar surface area (TPSA) is 45.2 Å². The maximum atomic E-state index is 12.3. The van der Waals surface area contributed by atoms with E-state index in [1.54, 1.807) is 6.07 Å². The van der Waals surface area contributed by atoms with Gasteiger partial charge in [0.2, 0.25) is 0 Å². The molecule has 6 heteroatoms. The van der Waals surface area contributed by atoms with Crippen LogP contribution in [0, 0.1) is 0 Å². The summed E-state index contributed by atoms with van der Waals surface area (Å²) in [5.41, 5.74) is 3.04. The Bertz CT molecular complexity index is 899. The van der Waals surface area contributed by atoms with E-state index in [2.05, 4.69) is 27.3 Å². The highest BCUT2D eigenvalue weighted by Gasteiger charge is 2.13. The number of hydrogen-bond acceptors (Lipinski definition) is 3. The first-order valence-electron chi connectivity index (χ1n) is 8.01. The molecule has 0 bridgehead atoms. The Balaban J connectivity index is 1.67. The van der Waals surface area contributed by atoms with E-state index in [1.807, 2.05) is 49.5 Å². The Hall–Kier alpha value is -2.56. The quantitative estimate of drug-likeness (QED) is 0.607. The molecule has 1 aromatic heterocycles. The summed E-state index contributed by atoms with van der Waals surface area (Å²) in [7, 11) is 2.02. The molecule has 1 amide bonds. The minimum Gasteiger partial charge on any atom is -0.370 e. The smallest absolute Gasteiger partial charge is 0.275 e. The summed E-state index contributed by atoms with van der Waals surface area (Å²) in [5, 5.41) is 3.25. The van der Waals surface area contributed by atoms with Crippen LogP contribution in [0.1, 0.15) is 16.1 Å². The van der Waals surface area contributed by atoms with Gasteiger partial charge in [-0.05, 0) is 42.0 Å². The van der Waals surface area contributed by atoms with Crippen LogP contribution in [0.3, 0.4) is 0 Å². The molecule has 2 aromatic carbocycles. The van der Waals surface area contributed by atoms with E-state index < -0.39 is 5.91 Å². The van der Waals surface area contributed by atoms with E-state index in [4.69, 9.17) is 23.2 Å². The molecule has 1 heterocycles. The molecule has 132 valence electrons. The number of rotatable bonds is 5. The van der Waals surface area contributed by atoms with Crippen LogP contribution in [0.4, 0.5) is 11.4 Å². The van der Waals surface area contributed by atoms with Crippen LogP contribution >= 0.6 is 23.2 Å². The van der Waals surface area contributed by atoms with Crippen molar-refractivity contribution >= 4 is 40.5 Å². The number of halogens is 2. The molecule has 0 saturated heterocycles. The fourth-order valence-corrected chi connectivity index (χ4v) is 2.85. The molecular formula is C20H17Cl2N3O. The highest BCUT2D eigenvalue weighted by Crippen LogP contribution is 2.21. The summed E-state index contributed by atoms with van der Waals surface area (Å²) in [4.78, 5) is 18.4. The largest absolute Gasteiger partial charge is 0.370 e. The van der Waals surface area contributed by atoms with Crippen LogP contribution in [-0.2, 0) is 6.54 Å². The van der Waals surface area contributed by atoms with Crippen molar-refractivity contribution in [3.63, 3.8) is 0 Å². The minimum atomic E-state index is -0.400. The lowest BCUT2D eigenvalue weighted by Crippen LogP contribution is -2.17. The summed E-state index contributed by atoms with van der Waals surface area (Å²) < 4.78 is 0. The van der Waals surface area contributed by atoms with Gasteiger partial charge in [-0.25, -0.2) is 4.98 Å². The first kappa shape index (κ1) is 18.2. The van der Waals surface area contributed by atoms with Gasteiger partial charge >= 0.3 is 0 Å². The zero-order valence-electron chi connectivity index (χ0n) is 14.1. The molecular weight excluding hydrogens is 369 g/mol. The molecule has 26 heavy (non-hydrogen) atoms. The number of nitrogens with zero attached hydrogens (tertiary/aromatic N) is 2. The van der Waals surface area contributed by atoms with E-state index in [-0.39, 0.29) is 15.9 Å². The van der Waals surface area contributed by atoms with Gasteiger partial charge in [0.25, 0.3) is 5.91 Å². The Morgan fingerprint density at radius 1 is 1.00 bits per heavy atom. The van der Waals surface area contributed by atoms with Gasteiger partial charge in [-0.1, -0.05) is 53.5 Å². The third-order valence-electron chi connectivity index (χ3n) is 3.86. The molecule has 4 nitrogen and oxygen atoms in total. The molecule has 0 unspecified atom stereocenters. The molecule has 3 rings (SSSR count). The number of hydrogen-bond donors (Lipinski definition) is 1. The van der Waals surface area contributed by atoms with Crippen molar-refractivity contribution in [1.29, 1.82) is 0 Å². The second kappa shape index (κ2) is 8.21. The van der Waals surface area contributed by atoms with Crippen molar-refractivity contribution in [1.82, 2.24) is 4.98 Å². The number of carbonyl (C=O) groups is 1. The van der Waals surface area contributed by atoms with E-state index in [0.29, 0.717) is 5.69 Å². The summed E-state index contributed by atoms with van der Waals surface area (Å²) in [6, 6.07) is 20.9. The number of nitrogens with one attached hydrogen (secondary N) is 1. The maximum Gasteiger partial charge on any atom is 0.275 e. The zero-order valence-corrected chi connectivity index (χ0v) is 15.6. The van der Waals surface area contributed by atoms with Gasteiger partial charge in [-0.15, -0.1) is 0 Å². The normalized spacial score (nSPS) is 10.4. The highest BCUT2D eigenvalue weighted by atomic mass is 35.5. The first-order chi connectivity index (χ1) is 12.5. The van der Waals surface area contributed by atoms with E-state index in [9.17, 15) is 4.79 Å². The number of anilines is 2. The van der Waals surface area contributed by atoms with Crippen molar-refractivity contribution in [3.05, 3.63) is 88.2 Å². The molecule has 3 aromatic rings. The van der Waals surface area contributed by atoms with Crippen LogP contribution in [0.25, 0.3) is 0 Å². The second-order valence-corrected chi connectivity index (χ2v) is 6.60. The number of aromatic nitrogens is 1. The fourth-order valence-electron chi connectivity index (χ4n) is 2.52. The Kier molecular flexibility index (Phi) is 5.76. The average molecular weight is 386 g/mol. The highest BCUT2D eigenvalue weighted by molar-refractivity contribution is 6.35. The Morgan fingerprint density at radius 3 is 2.38 bits per heavy atom. The average Bonchev–Trinajstić information content (AvgIpc) is 2.65. The SMILES string of the molecule is CN(Cc1ccccc1)c1ccc(NC(=O)c2nc(Cl)ccc2Cl)cc1. The van der Waals surface area contributed by atoms with Gasteiger partial charge in [0.05, 0.1) is 5.02 Å². The van der Waals surface area contributed by atoms with Crippen LogP contribution < -0.4 is 10.2 Å². The molecule has 0 atom stereocenters. The van der Waals surface area contributed by atoms with Gasteiger partial charge < -0.3 is 10.2 Å². The summed E-state index contributed by atoms with van der Waals surface area (Å²) in [6.07, 6.45) is 0. The van der Waals surface area contributed by atoms with E-state index in [1.165, 1.54) is 11.6 Å². The van der Waals surface area contributed by atoms with Crippen molar-refractivity contribution in [3.8, 4) is 0 Å². The van der Waals surface area contributed by atoms with Crippen molar-refractivity contribution in [2.45, 2.75) is 6.54 Å².